The summed E-state index contributed by atoms with van der Waals surface area (Å²) in [4.78, 5) is 23.6. The van der Waals surface area contributed by atoms with Gasteiger partial charge < -0.3 is 10.1 Å². The quantitative estimate of drug-likeness (QED) is 0.787. The second kappa shape index (κ2) is 8.02. The average Bonchev–Trinajstić information content (AvgIpc) is 3.30. The maximum absolute atomic E-state index is 12.1. The Morgan fingerprint density at radius 3 is 2.61 bits per heavy atom. The van der Waals surface area contributed by atoms with Crippen molar-refractivity contribution >= 4 is 29.3 Å². The molecule has 1 saturated carbocycles. The molecule has 0 radical (unpaired) electrons. The average molecular weight is 337 g/mol. The molecule has 2 rings (SSSR count). The lowest BCUT2D eigenvalue weighted by Gasteiger charge is -2.14. The van der Waals surface area contributed by atoms with E-state index >= 15 is 0 Å². The zero-order valence-electron chi connectivity index (χ0n) is 13.1. The van der Waals surface area contributed by atoms with Crippen molar-refractivity contribution in [3.63, 3.8) is 0 Å². The number of amides is 2. The molecule has 5 nitrogen and oxygen atoms in total. The van der Waals surface area contributed by atoms with E-state index in [0.29, 0.717) is 29.2 Å². The van der Waals surface area contributed by atoms with Crippen LogP contribution in [0.15, 0.2) is 36.5 Å². The molecule has 1 aliphatic rings. The number of anilines is 1. The molecule has 0 spiro atoms. The molecule has 23 heavy (non-hydrogen) atoms. The maximum Gasteiger partial charge on any atom is 0.411 e. The molecule has 2 N–H and O–H groups in total. The molecule has 0 aromatic heterocycles. The van der Waals surface area contributed by atoms with Crippen molar-refractivity contribution in [2.45, 2.75) is 38.7 Å². The van der Waals surface area contributed by atoms with Crippen molar-refractivity contribution in [3.8, 4) is 0 Å². The number of benzene rings is 1. The highest BCUT2D eigenvalue weighted by Crippen LogP contribution is 2.23. The van der Waals surface area contributed by atoms with Crippen molar-refractivity contribution in [3.05, 3.63) is 41.6 Å². The first-order chi connectivity index (χ1) is 10.9. The minimum absolute atomic E-state index is 0.0619. The predicted molar refractivity (Wildman–Crippen MR) is 90.3 cm³/mol. The van der Waals surface area contributed by atoms with Gasteiger partial charge in [-0.1, -0.05) is 25.1 Å². The number of carbonyl (C=O) groups excluding carboxylic acids is 2. The number of halogens is 1. The second-order valence-corrected chi connectivity index (χ2v) is 6.21. The van der Waals surface area contributed by atoms with Crippen LogP contribution in [0.3, 0.4) is 0 Å². The molecule has 0 saturated heterocycles. The molecular formula is C17H21ClN2O3. The summed E-state index contributed by atoms with van der Waals surface area (Å²) in [5, 5.41) is 6.05. The molecule has 2 amide bonds. The smallest absolute Gasteiger partial charge is 0.411 e. The van der Waals surface area contributed by atoms with Crippen LogP contribution in [0, 0.1) is 5.92 Å². The minimum Gasteiger partial charge on any atom is -0.446 e. The van der Waals surface area contributed by atoms with E-state index in [9.17, 15) is 9.59 Å². The van der Waals surface area contributed by atoms with Gasteiger partial charge in [0.25, 0.3) is 0 Å². The molecule has 6 heteroatoms. The zero-order chi connectivity index (χ0) is 16.8. The highest BCUT2D eigenvalue weighted by Gasteiger charge is 2.26. The highest BCUT2D eigenvalue weighted by atomic mass is 35.5. The van der Waals surface area contributed by atoms with Crippen LogP contribution >= 0.6 is 11.6 Å². The molecule has 0 heterocycles. The van der Waals surface area contributed by atoms with Crippen LogP contribution in [0.1, 0.15) is 32.6 Å². The van der Waals surface area contributed by atoms with Gasteiger partial charge in [0.1, 0.15) is 6.10 Å². The Bertz CT molecular complexity index is 582. The number of alkyl carbamates (subject to hydrolysis) is 1. The van der Waals surface area contributed by atoms with Crippen LogP contribution in [0.5, 0.6) is 0 Å². The molecule has 0 bridgehead atoms. The summed E-state index contributed by atoms with van der Waals surface area (Å²) in [7, 11) is 0. The summed E-state index contributed by atoms with van der Waals surface area (Å²) in [5.41, 5.74) is 1.26. The number of carbonyl (C=O) groups is 2. The Morgan fingerprint density at radius 1 is 1.35 bits per heavy atom. The van der Waals surface area contributed by atoms with E-state index in [1.807, 2.05) is 6.92 Å². The van der Waals surface area contributed by atoms with E-state index in [-0.39, 0.29) is 17.9 Å². The highest BCUT2D eigenvalue weighted by molar-refractivity contribution is 6.30. The topological polar surface area (TPSA) is 67.4 Å². The van der Waals surface area contributed by atoms with E-state index in [1.165, 1.54) is 0 Å². The number of nitrogens with one attached hydrogen (secondary N) is 2. The van der Waals surface area contributed by atoms with Crippen LogP contribution < -0.4 is 10.6 Å². The van der Waals surface area contributed by atoms with Gasteiger partial charge in [-0.15, -0.1) is 0 Å². The molecular weight excluding hydrogens is 316 g/mol. The third-order valence-corrected chi connectivity index (χ3v) is 3.77. The van der Waals surface area contributed by atoms with E-state index in [2.05, 4.69) is 17.2 Å². The van der Waals surface area contributed by atoms with Crippen LogP contribution in [-0.2, 0) is 9.53 Å². The van der Waals surface area contributed by atoms with Gasteiger partial charge in [-0.25, -0.2) is 4.79 Å². The number of ether oxygens (including phenoxy) is 1. The van der Waals surface area contributed by atoms with Gasteiger partial charge in [-0.3, -0.25) is 10.1 Å². The van der Waals surface area contributed by atoms with E-state index < -0.39 is 6.09 Å². The van der Waals surface area contributed by atoms with E-state index in [4.69, 9.17) is 16.3 Å². The molecule has 1 fully saturated rings. The fourth-order valence-electron chi connectivity index (χ4n) is 1.89. The molecule has 1 unspecified atom stereocenters. The Hall–Kier alpha value is -2.01. The molecule has 1 aromatic rings. The van der Waals surface area contributed by atoms with Gasteiger partial charge in [-0.2, -0.15) is 0 Å². The van der Waals surface area contributed by atoms with E-state index in [0.717, 1.165) is 12.8 Å². The van der Waals surface area contributed by atoms with Crippen LogP contribution in [0.2, 0.25) is 5.02 Å². The van der Waals surface area contributed by atoms with E-state index in [1.54, 1.807) is 24.3 Å². The Balaban J connectivity index is 1.69. The monoisotopic (exact) mass is 336 g/mol. The van der Waals surface area contributed by atoms with Gasteiger partial charge in [0, 0.05) is 22.3 Å². The Kier molecular flexibility index (Phi) is 6.04. The molecule has 0 aliphatic heterocycles. The van der Waals surface area contributed by atoms with Crippen molar-refractivity contribution in [1.29, 1.82) is 0 Å². The first-order valence-electron chi connectivity index (χ1n) is 7.66. The van der Waals surface area contributed by atoms with Gasteiger partial charge in [0.2, 0.25) is 5.91 Å². The number of hydrogen-bond acceptors (Lipinski definition) is 3. The Morgan fingerprint density at radius 2 is 2.00 bits per heavy atom. The van der Waals surface area contributed by atoms with Gasteiger partial charge in [-0.05, 0) is 49.9 Å². The SMILES string of the molecule is C=C(CCC(C)C(=O)Nc1ccc(Cl)cc1)NC(=O)OC1CC1. The molecule has 1 aromatic carbocycles. The molecule has 124 valence electrons. The summed E-state index contributed by atoms with van der Waals surface area (Å²) in [6, 6.07) is 6.95. The third-order valence-electron chi connectivity index (χ3n) is 3.52. The first kappa shape index (κ1) is 17.3. The van der Waals surface area contributed by atoms with Crippen LogP contribution in [0.4, 0.5) is 10.5 Å². The number of hydrogen-bond donors (Lipinski definition) is 2. The lowest BCUT2D eigenvalue weighted by Crippen LogP contribution is -2.25. The molecule has 1 atom stereocenters. The fraction of sp³-hybridized carbons (Fsp3) is 0.412. The predicted octanol–water partition coefficient (Wildman–Crippen LogP) is 4.10. The second-order valence-electron chi connectivity index (χ2n) is 5.77. The Labute approximate surface area is 141 Å². The first-order valence-corrected chi connectivity index (χ1v) is 8.03. The fourth-order valence-corrected chi connectivity index (χ4v) is 2.02. The summed E-state index contributed by atoms with van der Waals surface area (Å²) in [5.74, 6) is -0.288. The van der Waals surface area contributed by atoms with Crippen LogP contribution in [-0.4, -0.2) is 18.1 Å². The largest absolute Gasteiger partial charge is 0.446 e. The van der Waals surface area contributed by atoms with Gasteiger partial charge in [0.05, 0.1) is 0 Å². The zero-order valence-corrected chi connectivity index (χ0v) is 13.9. The van der Waals surface area contributed by atoms with Gasteiger partial charge in [0.15, 0.2) is 0 Å². The van der Waals surface area contributed by atoms with Crippen molar-refractivity contribution in [2.24, 2.45) is 5.92 Å². The normalized spacial score (nSPS) is 14.7. The minimum atomic E-state index is -0.462. The summed E-state index contributed by atoms with van der Waals surface area (Å²) in [6.07, 6.45) is 2.57. The molecule has 1 aliphatic carbocycles. The van der Waals surface area contributed by atoms with Crippen molar-refractivity contribution in [1.82, 2.24) is 5.32 Å². The van der Waals surface area contributed by atoms with Crippen molar-refractivity contribution in [2.75, 3.05) is 5.32 Å². The van der Waals surface area contributed by atoms with Crippen molar-refractivity contribution < 1.29 is 14.3 Å². The van der Waals surface area contributed by atoms with Crippen LogP contribution in [0.25, 0.3) is 0 Å². The summed E-state index contributed by atoms with van der Waals surface area (Å²) < 4.78 is 5.07. The number of rotatable bonds is 7. The number of allylic oxidation sites excluding steroid dienone is 1. The lowest BCUT2D eigenvalue weighted by atomic mass is 10.0. The summed E-state index contributed by atoms with van der Waals surface area (Å²) >= 11 is 5.81. The summed E-state index contributed by atoms with van der Waals surface area (Å²) in [6.45, 7) is 5.62. The third kappa shape index (κ3) is 6.32. The maximum atomic E-state index is 12.1. The van der Waals surface area contributed by atoms with Gasteiger partial charge >= 0.3 is 6.09 Å². The lowest BCUT2D eigenvalue weighted by molar-refractivity contribution is -0.119. The standard InChI is InChI=1S/C17H21ClN2O3/c1-11(16(21)20-14-7-5-13(18)6-8-14)3-4-12(2)19-17(22)23-15-9-10-15/h5-8,11,15H,2-4,9-10H2,1H3,(H,19,22)(H,20,21).